The Morgan fingerprint density at radius 2 is 1.63 bits per heavy atom. The molecule has 0 unspecified atom stereocenters. The van der Waals surface area contributed by atoms with Gasteiger partial charge >= 0.3 is 0 Å². The Hall–Kier alpha value is -2.24. The summed E-state index contributed by atoms with van der Waals surface area (Å²) in [5.41, 5.74) is 3.73. The molecule has 1 heterocycles. The number of nitrogens with zero attached hydrogens (tertiary/aromatic N) is 1. The SMILES string of the molecule is Cc1ccc(C)c(/C=C/C(=O)c2ccc(S(=O)(=O)N3CCCCC3)cc2)c1. The van der Waals surface area contributed by atoms with E-state index in [1.807, 2.05) is 38.1 Å². The third kappa shape index (κ3) is 4.54. The van der Waals surface area contributed by atoms with Crippen LogP contribution in [0, 0.1) is 13.8 Å². The minimum Gasteiger partial charge on any atom is -0.289 e. The van der Waals surface area contributed by atoms with E-state index in [0.717, 1.165) is 36.0 Å². The maximum atomic E-state index is 12.7. The zero-order chi connectivity index (χ0) is 19.4. The van der Waals surface area contributed by atoms with E-state index < -0.39 is 10.0 Å². The maximum Gasteiger partial charge on any atom is 0.243 e. The fourth-order valence-electron chi connectivity index (χ4n) is 3.25. The van der Waals surface area contributed by atoms with Gasteiger partial charge in [-0.3, -0.25) is 4.79 Å². The van der Waals surface area contributed by atoms with Gasteiger partial charge < -0.3 is 0 Å². The molecule has 1 aliphatic rings. The molecule has 142 valence electrons. The number of carbonyl (C=O) groups is 1. The third-order valence-corrected chi connectivity index (χ3v) is 6.85. The Bertz CT molecular complexity index is 954. The number of rotatable bonds is 5. The Morgan fingerprint density at radius 1 is 0.963 bits per heavy atom. The lowest BCUT2D eigenvalue weighted by Crippen LogP contribution is -2.35. The van der Waals surface area contributed by atoms with E-state index in [-0.39, 0.29) is 10.7 Å². The van der Waals surface area contributed by atoms with Gasteiger partial charge in [0.05, 0.1) is 4.90 Å². The van der Waals surface area contributed by atoms with Crippen LogP contribution in [0.5, 0.6) is 0 Å². The fourth-order valence-corrected chi connectivity index (χ4v) is 4.76. The smallest absolute Gasteiger partial charge is 0.243 e. The monoisotopic (exact) mass is 383 g/mol. The molecule has 3 rings (SSSR count). The molecule has 2 aromatic carbocycles. The van der Waals surface area contributed by atoms with E-state index in [2.05, 4.69) is 0 Å². The number of sulfonamides is 1. The molecule has 0 aliphatic carbocycles. The molecule has 0 spiro atoms. The van der Waals surface area contributed by atoms with Crippen LogP contribution in [0.25, 0.3) is 6.08 Å². The molecule has 0 atom stereocenters. The summed E-state index contributed by atoms with van der Waals surface area (Å²) in [6.07, 6.45) is 6.23. The molecule has 0 bridgehead atoms. The van der Waals surface area contributed by atoms with Crippen LogP contribution in [0.15, 0.2) is 53.4 Å². The lowest BCUT2D eigenvalue weighted by atomic mass is 10.0. The van der Waals surface area contributed by atoms with Crippen LogP contribution >= 0.6 is 0 Å². The van der Waals surface area contributed by atoms with Crippen LogP contribution in [0.4, 0.5) is 0 Å². The van der Waals surface area contributed by atoms with Gasteiger partial charge in [0, 0.05) is 18.7 Å². The van der Waals surface area contributed by atoms with Crippen LogP contribution in [0.1, 0.15) is 46.3 Å². The highest BCUT2D eigenvalue weighted by molar-refractivity contribution is 7.89. The number of aryl methyl sites for hydroxylation is 2. The summed E-state index contributed by atoms with van der Waals surface area (Å²) in [7, 11) is -3.47. The second-order valence-corrected chi connectivity index (χ2v) is 8.98. The van der Waals surface area contributed by atoms with Gasteiger partial charge in [-0.05, 0) is 68.2 Å². The number of benzene rings is 2. The van der Waals surface area contributed by atoms with Crippen molar-refractivity contribution in [3.05, 3.63) is 70.8 Å². The van der Waals surface area contributed by atoms with Crippen molar-refractivity contribution < 1.29 is 13.2 Å². The van der Waals surface area contributed by atoms with E-state index in [1.54, 1.807) is 12.1 Å². The summed E-state index contributed by atoms with van der Waals surface area (Å²) in [6, 6.07) is 12.3. The van der Waals surface area contributed by atoms with Crippen molar-refractivity contribution in [2.24, 2.45) is 0 Å². The summed E-state index contributed by atoms with van der Waals surface area (Å²) >= 11 is 0. The van der Waals surface area contributed by atoms with Crippen LogP contribution in [0.3, 0.4) is 0 Å². The molecule has 1 fully saturated rings. The predicted molar refractivity (Wildman–Crippen MR) is 108 cm³/mol. The van der Waals surface area contributed by atoms with Gasteiger partial charge in [0.1, 0.15) is 0 Å². The number of hydrogen-bond donors (Lipinski definition) is 0. The molecular weight excluding hydrogens is 358 g/mol. The highest BCUT2D eigenvalue weighted by Crippen LogP contribution is 2.21. The molecular formula is C22H25NO3S. The lowest BCUT2D eigenvalue weighted by molar-refractivity contribution is 0.104. The summed E-state index contributed by atoms with van der Waals surface area (Å²) in [4.78, 5) is 12.7. The molecule has 0 saturated carbocycles. The van der Waals surface area contributed by atoms with Gasteiger partial charge in [0.15, 0.2) is 5.78 Å². The first kappa shape index (κ1) is 19.5. The van der Waals surface area contributed by atoms with E-state index in [1.165, 1.54) is 22.5 Å². The highest BCUT2D eigenvalue weighted by Gasteiger charge is 2.25. The number of piperidine rings is 1. The molecule has 0 radical (unpaired) electrons. The molecule has 1 aliphatic heterocycles. The maximum absolute atomic E-state index is 12.7. The van der Waals surface area contributed by atoms with Crippen LogP contribution < -0.4 is 0 Å². The Labute approximate surface area is 161 Å². The number of carbonyl (C=O) groups excluding carboxylic acids is 1. The molecule has 0 N–H and O–H groups in total. The van der Waals surface area contributed by atoms with Crippen molar-refractivity contribution in [2.75, 3.05) is 13.1 Å². The van der Waals surface area contributed by atoms with E-state index in [9.17, 15) is 13.2 Å². The minimum absolute atomic E-state index is 0.141. The molecule has 0 aromatic heterocycles. The summed E-state index contributed by atoms with van der Waals surface area (Å²) in [5, 5.41) is 0. The second-order valence-electron chi connectivity index (χ2n) is 7.05. The average Bonchev–Trinajstić information content (AvgIpc) is 2.69. The fraction of sp³-hybridized carbons (Fsp3) is 0.318. The van der Waals surface area contributed by atoms with Gasteiger partial charge in [-0.25, -0.2) is 8.42 Å². The largest absolute Gasteiger partial charge is 0.289 e. The van der Waals surface area contributed by atoms with E-state index >= 15 is 0 Å². The summed E-state index contributed by atoms with van der Waals surface area (Å²) in [6.45, 7) is 5.16. The van der Waals surface area contributed by atoms with Crippen LogP contribution in [-0.2, 0) is 10.0 Å². The zero-order valence-electron chi connectivity index (χ0n) is 15.8. The summed E-state index contributed by atoms with van der Waals surface area (Å²) < 4.78 is 26.9. The Balaban J connectivity index is 1.75. The van der Waals surface area contributed by atoms with Crippen molar-refractivity contribution in [3.8, 4) is 0 Å². The molecule has 1 saturated heterocycles. The molecule has 5 heteroatoms. The van der Waals surface area contributed by atoms with Gasteiger partial charge in [0.2, 0.25) is 10.0 Å². The number of allylic oxidation sites excluding steroid dienone is 1. The molecule has 27 heavy (non-hydrogen) atoms. The minimum atomic E-state index is -3.47. The van der Waals surface area contributed by atoms with Crippen molar-refractivity contribution >= 4 is 21.9 Å². The predicted octanol–water partition coefficient (Wildman–Crippen LogP) is 4.37. The third-order valence-electron chi connectivity index (χ3n) is 4.94. The van der Waals surface area contributed by atoms with Gasteiger partial charge in [-0.15, -0.1) is 0 Å². The average molecular weight is 384 g/mol. The first-order chi connectivity index (χ1) is 12.9. The topological polar surface area (TPSA) is 54.5 Å². The summed E-state index contributed by atoms with van der Waals surface area (Å²) in [5.74, 6) is -0.141. The Kier molecular flexibility index (Phi) is 5.92. The number of hydrogen-bond acceptors (Lipinski definition) is 3. The number of ketones is 1. The van der Waals surface area contributed by atoms with E-state index in [0.29, 0.717) is 18.7 Å². The Morgan fingerprint density at radius 3 is 2.30 bits per heavy atom. The normalized spacial score (nSPS) is 15.9. The van der Waals surface area contributed by atoms with Gasteiger partial charge in [-0.1, -0.05) is 36.3 Å². The first-order valence-electron chi connectivity index (χ1n) is 9.28. The van der Waals surface area contributed by atoms with Crippen molar-refractivity contribution in [1.29, 1.82) is 0 Å². The molecule has 2 aromatic rings. The quantitative estimate of drug-likeness (QED) is 0.569. The highest BCUT2D eigenvalue weighted by atomic mass is 32.2. The van der Waals surface area contributed by atoms with Crippen molar-refractivity contribution in [3.63, 3.8) is 0 Å². The first-order valence-corrected chi connectivity index (χ1v) is 10.7. The van der Waals surface area contributed by atoms with Crippen LogP contribution in [-0.4, -0.2) is 31.6 Å². The standard InChI is InChI=1S/C22H25NO3S/c1-17-6-7-18(2)20(16-17)10-13-22(24)19-8-11-21(12-9-19)27(25,26)23-14-4-3-5-15-23/h6-13,16H,3-5,14-15H2,1-2H3/b13-10+. The second kappa shape index (κ2) is 8.19. The lowest BCUT2D eigenvalue weighted by Gasteiger charge is -2.25. The van der Waals surface area contributed by atoms with Crippen LogP contribution in [0.2, 0.25) is 0 Å². The van der Waals surface area contributed by atoms with Crippen molar-refractivity contribution in [2.45, 2.75) is 38.0 Å². The van der Waals surface area contributed by atoms with Crippen molar-refractivity contribution in [1.82, 2.24) is 4.31 Å². The van der Waals surface area contributed by atoms with Gasteiger partial charge in [-0.2, -0.15) is 4.31 Å². The molecule has 4 nitrogen and oxygen atoms in total. The van der Waals surface area contributed by atoms with E-state index in [4.69, 9.17) is 0 Å². The zero-order valence-corrected chi connectivity index (χ0v) is 16.6. The van der Waals surface area contributed by atoms with Gasteiger partial charge in [0.25, 0.3) is 0 Å². The molecule has 0 amide bonds.